The smallest absolute Gasteiger partial charge is 0.312 e. The minimum atomic E-state index is -0.727. The lowest BCUT2D eigenvalue weighted by atomic mass is 9.83. The summed E-state index contributed by atoms with van der Waals surface area (Å²) in [7, 11) is 1.61. The van der Waals surface area contributed by atoms with Crippen molar-refractivity contribution in [2.24, 2.45) is 0 Å². The van der Waals surface area contributed by atoms with Gasteiger partial charge in [0.2, 0.25) is 17.7 Å². The molecule has 0 fully saturated rings. The molecule has 3 amide bonds. The van der Waals surface area contributed by atoms with Crippen molar-refractivity contribution >= 4 is 41.0 Å². The number of benzene rings is 2. The number of carbonyl (C=O) groups is 7. The average Bonchev–Trinajstić information content (AvgIpc) is 2.90. The third-order valence-corrected chi connectivity index (χ3v) is 5.80. The molecule has 13 nitrogen and oxygen atoms in total. The second-order valence-electron chi connectivity index (χ2n) is 9.03. The minimum Gasteiger partial charge on any atom is -0.504 e. The van der Waals surface area contributed by atoms with Crippen molar-refractivity contribution in [1.82, 2.24) is 20.9 Å². The van der Waals surface area contributed by atoms with E-state index >= 15 is 0 Å². The Kier molecular flexibility index (Phi) is 9.81. The Morgan fingerprint density at radius 2 is 1.43 bits per heavy atom. The highest BCUT2D eigenvalue weighted by Gasteiger charge is 2.33. The number of ketones is 3. The van der Waals surface area contributed by atoms with Crippen LogP contribution in [0.5, 0.6) is 11.5 Å². The molecule has 40 heavy (non-hydrogen) atoms. The lowest BCUT2D eigenvalue weighted by Crippen LogP contribution is -2.41. The molecule has 0 radical (unpaired) electrons. The van der Waals surface area contributed by atoms with E-state index in [0.29, 0.717) is 0 Å². The number of aromatic hydroxyl groups is 1. The number of amides is 3. The second kappa shape index (κ2) is 13.2. The Balaban J connectivity index is 1.43. The Hall–Kier alpha value is -4.91. The van der Waals surface area contributed by atoms with Gasteiger partial charge in [-0.3, -0.25) is 38.5 Å². The molecular formula is C27H28N4O9. The van der Waals surface area contributed by atoms with Gasteiger partial charge in [-0.2, -0.15) is 0 Å². The lowest BCUT2D eigenvalue weighted by molar-refractivity contribution is -0.135. The summed E-state index contributed by atoms with van der Waals surface area (Å²) in [6, 6.07) is 8.81. The summed E-state index contributed by atoms with van der Waals surface area (Å²) in [5.74, 6) is -4.67. The quantitative estimate of drug-likeness (QED) is 0.103. The fraction of sp³-hybridized carbons (Fsp3) is 0.296. The van der Waals surface area contributed by atoms with Gasteiger partial charge in [0, 0.05) is 23.2 Å². The first-order chi connectivity index (χ1) is 19.0. The van der Waals surface area contributed by atoms with Gasteiger partial charge in [0.05, 0.1) is 31.7 Å². The first-order valence-electron chi connectivity index (χ1n) is 12.2. The van der Waals surface area contributed by atoms with E-state index in [0.717, 1.165) is 0 Å². The van der Waals surface area contributed by atoms with Gasteiger partial charge in [-0.25, -0.2) is 0 Å². The maximum atomic E-state index is 12.9. The van der Waals surface area contributed by atoms with Crippen LogP contribution in [0.4, 0.5) is 0 Å². The van der Waals surface area contributed by atoms with Crippen molar-refractivity contribution < 1.29 is 43.4 Å². The third-order valence-electron chi connectivity index (χ3n) is 5.80. The molecule has 4 N–H and O–H groups in total. The number of phenolic OH excluding ortho intramolecular Hbond substituents is 1. The van der Waals surface area contributed by atoms with Gasteiger partial charge >= 0.3 is 5.97 Å². The third kappa shape index (κ3) is 7.57. The fourth-order valence-corrected chi connectivity index (χ4v) is 3.79. The summed E-state index contributed by atoms with van der Waals surface area (Å²) in [5.41, 5.74) is 0.171. The molecule has 1 aliphatic rings. The first kappa shape index (κ1) is 29.6. The molecule has 13 heteroatoms. The molecule has 0 unspecified atom stereocenters. The van der Waals surface area contributed by atoms with Crippen LogP contribution in [0.25, 0.3) is 0 Å². The number of Topliss-reactive ketones (excluding diaryl/α,β-unsaturated/α-hetero) is 1. The first-order valence-corrected chi connectivity index (χ1v) is 12.2. The van der Waals surface area contributed by atoms with E-state index in [-0.39, 0.29) is 66.5 Å². The van der Waals surface area contributed by atoms with Crippen LogP contribution < -0.4 is 20.7 Å². The Morgan fingerprint density at radius 3 is 2.08 bits per heavy atom. The molecule has 3 rings (SSSR count). The minimum absolute atomic E-state index is 0.00879. The van der Waals surface area contributed by atoms with E-state index in [1.807, 2.05) is 0 Å². The number of hydrogen-bond acceptors (Lipinski definition) is 10. The molecule has 0 saturated heterocycles. The molecule has 0 saturated carbocycles. The van der Waals surface area contributed by atoms with Gasteiger partial charge in [0.25, 0.3) is 0 Å². The van der Waals surface area contributed by atoms with Crippen molar-refractivity contribution in [3.8, 4) is 11.5 Å². The highest BCUT2D eigenvalue weighted by molar-refractivity contribution is 6.29. The molecule has 1 aliphatic carbocycles. The number of hydrogen-bond donors (Lipinski definition) is 4. The molecule has 0 atom stereocenters. The Bertz CT molecular complexity index is 1390. The largest absolute Gasteiger partial charge is 0.504 e. The number of phenols is 1. The predicted octanol–water partition coefficient (Wildman–Crippen LogP) is 0.0277. The Morgan fingerprint density at radius 1 is 0.825 bits per heavy atom. The number of carbonyl (C=O) groups excluding carboxylic acids is 7. The predicted molar refractivity (Wildman–Crippen MR) is 138 cm³/mol. The summed E-state index contributed by atoms with van der Waals surface area (Å²) in [6.45, 7) is 1.19. The van der Waals surface area contributed by atoms with Crippen molar-refractivity contribution in [3.63, 3.8) is 0 Å². The number of rotatable bonds is 12. The van der Waals surface area contributed by atoms with Crippen molar-refractivity contribution in [1.29, 1.82) is 0 Å². The van der Waals surface area contributed by atoms with E-state index in [1.165, 1.54) is 31.2 Å². The number of esters is 1. The average molecular weight is 553 g/mol. The van der Waals surface area contributed by atoms with Gasteiger partial charge in [-0.05, 0) is 26.1 Å². The van der Waals surface area contributed by atoms with Crippen LogP contribution in [0.15, 0.2) is 36.4 Å². The van der Waals surface area contributed by atoms with Crippen molar-refractivity contribution in [2.75, 3.05) is 26.9 Å². The number of nitrogens with one attached hydrogen (secondary N) is 3. The van der Waals surface area contributed by atoms with Crippen molar-refractivity contribution in [2.45, 2.75) is 26.2 Å². The topological polar surface area (TPSA) is 188 Å². The summed E-state index contributed by atoms with van der Waals surface area (Å²) in [6.07, 6.45) is -0.943. The standard InChI is InChI=1S/C27H28N4O9/c1-15(32)11-20(33)28-13-29-21(34)12-22(35)30-14-31(2)10-9-23(36)40-19-8-7-18-24(27(19)39)26(38)17-6-4-3-5-16(17)25(18)37/h3-8,39H,9-14H2,1-2H3,(H,28,33)(H,29,34)(H,30,35). The van der Waals surface area contributed by atoms with Crippen LogP contribution >= 0.6 is 0 Å². The second-order valence-corrected chi connectivity index (χ2v) is 9.03. The molecule has 2 aromatic rings. The zero-order valence-electron chi connectivity index (χ0n) is 21.9. The van der Waals surface area contributed by atoms with Crippen molar-refractivity contribution in [3.05, 3.63) is 58.7 Å². The van der Waals surface area contributed by atoms with Crippen LogP contribution in [0, 0.1) is 0 Å². The van der Waals surface area contributed by atoms with Crippen LogP contribution in [-0.2, 0) is 24.0 Å². The van der Waals surface area contributed by atoms with Crippen LogP contribution in [0.2, 0.25) is 0 Å². The number of ether oxygens (including phenoxy) is 1. The van der Waals surface area contributed by atoms with E-state index in [2.05, 4.69) is 16.0 Å². The molecule has 0 aromatic heterocycles. The zero-order chi connectivity index (χ0) is 29.4. The SMILES string of the molecule is CC(=O)CC(=O)NCNC(=O)CC(=O)NCN(C)CCC(=O)Oc1ccc2c(c1O)C(=O)c1ccccc1C2=O. The molecule has 0 spiro atoms. The monoisotopic (exact) mass is 552 g/mol. The van der Waals surface area contributed by atoms with Gasteiger partial charge in [-0.15, -0.1) is 0 Å². The maximum absolute atomic E-state index is 12.9. The Labute approximate surface area is 228 Å². The molecule has 0 heterocycles. The fourth-order valence-electron chi connectivity index (χ4n) is 3.79. The van der Waals surface area contributed by atoms with E-state index in [4.69, 9.17) is 4.74 Å². The normalized spacial score (nSPS) is 11.8. The lowest BCUT2D eigenvalue weighted by Gasteiger charge is -2.20. The molecular weight excluding hydrogens is 524 g/mol. The molecule has 0 bridgehead atoms. The molecule has 2 aromatic carbocycles. The van der Waals surface area contributed by atoms with Gasteiger partial charge in [0.15, 0.2) is 23.1 Å². The van der Waals surface area contributed by atoms with E-state index in [9.17, 15) is 38.7 Å². The van der Waals surface area contributed by atoms with E-state index < -0.39 is 47.4 Å². The number of nitrogens with zero attached hydrogens (tertiary/aromatic N) is 1. The van der Waals surface area contributed by atoms with Gasteiger partial charge < -0.3 is 25.8 Å². The maximum Gasteiger partial charge on any atom is 0.312 e. The van der Waals surface area contributed by atoms with Gasteiger partial charge in [0.1, 0.15) is 12.2 Å². The molecule has 210 valence electrons. The highest BCUT2D eigenvalue weighted by atomic mass is 16.5. The molecule has 0 aliphatic heterocycles. The number of fused-ring (bicyclic) bond motifs is 2. The zero-order valence-corrected chi connectivity index (χ0v) is 21.9. The van der Waals surface area contributed by atoms with Gasteiger partial charge in [-0.1, -0.05) is 24.3 Å². The highest BCUT2D eigenvalue weighted by Crippen LogP contribution is 2.38. The van der Waals surface area contributed by atoms with Crippen LogP contribution in [-0.4, -0.2) is 78.0 Å². The summed E-state index contributed by atoms with van der Waals surface area (Å²) >= 11 is 0. The van der Waals surface area contributed by atoms with Crippen LogP contribution in [0.3, 0.4) is 0 Å². The summed E-state index contributed by atoms with van der Waals surface area (Å²) < 4.78 is 5.22. The van der Waals surface area contributed by atoms with E-state index in [1.54, 1.807) is 24.1 Å². The summed E-state index contributed by atoms with van der Waals surface area (Å²) in [5, 5.41) is 17.8. The summed E-state index contributed by atoms with van der Waals surface area (Å²) in [4.78, 5) is 85.5. The van der Waals surface area contributed by atoms with Crippen LogP contribution in [0.1, 0.15) is 58.0 Å².